The molecule has 8 nitrogen and oxygen atoms in total. The van der Waals surface area contributed by atoms with Gasteiger partial charge in [0, 0.05) is 5.92 Å². The van der Waals surface area contributed by atoms with E-state index in [0.717, 1.165) is 22.3 Å². The summed E-state index contributed by atoms with van der Waals surface area (Å²) >= 11 is 0. The van der Waals surface area contributed by atoms with Gasteiger partial charge in [0.05, 0.1) is 5.69 Å². The molecule has 0 saturated heterocycles. The molecule has 3 aromatic carbocycles. The van der Waals surface area contributed by atoms with Crippen molar-refractivity contribution < 1.29 is 29.0 Å². The smallest absolute Gasteiger partial charge is 0.407 e. The lowest BCUT2D eigenvalue weighted by Crippen LogP contribution is -2.42. The molecule has 0 spiro atoms. The maximum atomic E-state index is 12.6. The number of para-hydroxylation sites is 2. The minimum Gasteiger partial charge on any atom is -0.480 e. The molecular weight excluding hydrogens is 436 g/mol. The summed E-state index contributed by atoms with van der Waals surface area (Å²) in [6.45, 7) is 1.12. The fraction of sp³-hybridized carbons (Fsp3) is 0.192. The van der Waals surface area contributed by atoms with E-state index < -0.39 is 30.6 Å². The zero-order chi connectivity index (χ0) is 24.1. The van der Waals surface area contributed by atoms with Crippen LogP contribution in [0.2, 0.25) is 0 Å². The quantitative estimate of drug-likeness (QED) is 0.468. The predicted molar refractivity (Wildman–Crippen MR) is 126 cm³/mol. The van der Waals surface area contributed by atoms with E-state index in [-0.39, 0.29) is 18.3 Å². The monoisotopic (exact) mass is 460 g/mol. The average molecular weight is 460 g/mol. The fourth-order valence-corrected chi connectivity index (χ4v) is 3.96. The molecule has 4 rings (SSSR count). The zero-order valence-electron chi connectivity index (χ0n) is 18.5. The Morgan fingerprint density at radius 1 is 0.912 bits per heavy atom. The normalized spacial score (nSPS) is 12.7. The number of nitrogens with one attached hydrogen (secondary N) is 2. The second-order valence-electron chi connectivity index (χ2n) is 7.86. The Bertz CT molecular complexity index is 1180. The van der Waals surface area contributed by atoms with Crippen LogP contribution < -0.4 is 15.4 Å². The Kier molecular flexibility index (Phi) is 6.77. The number of carbonyl (C=O) groups is 3. The molecule has 174 valence electrons. The van der Waals surface area contributed by atoms with Crippen LogP contribution in [0.3, 0.4) is 0 Å². The first-order chi connectivity index (χ1) is 16.4. The molecule has 0 aliphatic heterocycles. The lowest BCUT2D eigenvalue weighted by molar-refractivity contribution is -0.139. The van der Waals surface area contributed by atoms with Crippen molar-refractivity contribution in [2.45, 2.75) is 18.9 Å². The number of carbonyl (C=O) groups excluding carboxylic acids is 2. The molecule has 0 saturated carbocycles. The molecule has 2 amide bonds. The van der Waals surface area contributed by atoms with Crippen molar-refractivity contribution in [3.05, 3.63) is 83.9 Å². The second-order valence-corrected chi connectivity index (χ2v) is 7.86. The standard InChI is InChI=1S/C26H24N2O6/c1-16(25(31)28-22-12-6-7-13-23(22)33-15-24(29)30)27-26(32)34-14-21-19-10-4-2-8-17(19)18-9-3-5-11-20(18)21/h2-13,16,21H,14-15H2,1H3,(H,27,32)(H,28,31)(H,29,30)/t16-/m1/s1. The summed E-state index contributed by atoms with van der Waals surface area (Å²) in [6, 6.07) is 21.6. The van der Waals surface area contributed by atoms with Crippen LogP contribution in [0.15, 0.2) is 72.8 Å². The van der Waals surface area contributed by atoms with Crippen molar-refractivity contribution in [2.24, 2.45) is 0 Å². The van der Waals surface area contributed by atoms with Gasteiger partial charge in [-0.25, -0.2) is 9.59 Å². The fourth-order valence-electron chi connectivity index (χ4n) is 3.96. The van der Waals surface area contributed by atoms with E-state index in [0.29, 0.717) is 5.69 Å². The number of benzene rings is 3. The largest absolute Gasteiger partial charge is 0.480 e. The summed E-state index contributed by atoms with van der Waals surface area (Å²) in [7, 11) is 0. The summed E-state index contributed by atoms with van der Waals surface area (Å²) < 4.78 is 10.7. The Labute approximate surface area is 196 Å². The summed E-state index contributed by atoms with van der Waals surface area (Å²) in [5.41, 5.74) is 4.75. The summed E-state index contributed by atoms with van der Waals surface area (Å²) in [5, 5.41) is 14.0. The number of hydrogen-bond acceptors (Lipinski definition) is 5. The Morgan fingerprint density at radius 2 is 1.50 bits per heavy atom. The SMILES string of the molecule is C[C@@H](NC(=O)OCC1c2ccccc2-c2ccccc21)C(=O)Nc1ccccc1OCC(=O)O. The molecule has 0 heterocycles. The third-order valence-electron chi connectivity index (χ3n) is 5.57. The zero-order valence-corrected chi connectivity index (χ0v) is 18.5. The first-order valence-electron chi connectivity index (χ1n) is 10.8. The van der Waals surface area contributed by atoms with E-state index in [9.17, 15) is 14.4 Å². The number of rotatable bonds is 8. The van der Waals surface area contributed by atoms with Crippen LogP contribution in [0.1, 0.15) is 24.0 Å². The van der Waals surface area contributed by atoms with Crippen molar-refractivity contribution in [3.8, 4) is 16.9 Å². The molecule has 34 heavy (non-hydrogen) atoms. The molecule has 1 atom stereocenters. The molecule has 8 heteroatoms. The summed E-state index contributed by atoms with van der Waals surface area (Å²) in [4.78, 5) is 35.8. The van der Waals surface area contributed by atoms with Crippen LogP contribution in [-0.4, -0.2) is 42.3 Å². The van der Waals surface area contributed by atoms with Gasteiger partial charge in [0.1, 0.15) is 18.4 Å². The lowest BCUT2D eigenvalue weighted by Gasteiger charge is -2.18. The van der Waals surface area contributed by atoms with Crippen LogP contribution in [0.5, 0.6) is 5.75 Å². The molecule has 0 unspecified atom stereocenters. The van der Waals surface area contributed by atoms with E-state index in [4.69, 9.17) is 14.6 Å². The van der Waals surface area contributed by atoms with Gasteiger partial charge in [0.25, 0.3) is 0 Å². The van der Waals surface area contributed by atoms with Gasteiger partial charge in [-0.15, -0.1) is 0 Å². The summed E-state index contributed by atoms with van der Waals surface area (Å²) in [5.74, 6) is -1.50. The number of hydrogen-bond donors (Lipinski definition) is 3. The van der Waals surface area contributed by atoms with Crippen LogP contribution in [0, 0.1) is 0 Å². The van der Waals surface area contributed by atoms with Crippen LogP contribution >= 0.6 is 0 Å². The molecule has 1 aliphatic carbocycles. The van der Waals surface area contributed by atoms with Gasteiger partial charge in [-0.05, 0) is 41.3 Å². The van der Waals surface area contributed by atoms with Crippen molar-refractivity contribution >= 4 is 23.7 Å². The van der Waals surface area contributed by atoms with Gasteiger partial charge >= 0.3 is 12.1 Å². The van der Waals surface area contributed by atoms with Gasteiger partial charge in [-0.3, -0.25) is 4.79 Å². The third kappa shape index (κ3) is 5.01. The van der Waals surface area contributed by atoms with Crippen LogP contribution in [-0.2, 0) is 14.3 Å². The average Bonchev–Trinajstić information content (AvgIpc) is 3.16. The number of aliphatic carboxylic acids is 1. The molecule has 1 aliphatic rings. The van der Waals surface area contributed by atoms with Gasteiger partial charge < -0.3 is 25.2 Å². The highest BCUT2D eigenvalue weighted by Crippen LogP contribution is 2.44. The number of fused-ring (bicyclic) bond motifs is 3. The van der Waals surface area contributed by atoms with E-state index in [1.807, 2.05) is 36.4 Å². The molecule has 0 fully saturated rings. The Hall–Kier alpha value is -4.33. The Morgan fingerprint density at radius 3 is 2.15 bits per heavy atom. The Balaban J connectivity index is 1.34. The molecule has 0 aromatic heterocycles. The van der Waals surface area contributed by atoms with E-state index in [1.54, 1.807) is 24.3 Å². The second kappa shape index (κ2) is 10.1. The van der Waals surface area contributed by atoms with Gasteiger partial charge in [-0.2, -0.15) is 0 Å². The number of amides is 2. The van der Waals surface area contributed by atoms with Gasteiger partial charge in [0.2, 0.25) is 5.91 Å². The minimum absolute atomic E-state index is 0.0828. The van der Waals surface area contributed by atoms with Crippen molar-refractivity contribution in [1.82, 2.24) is 5.32 Å². The highest BCUT2D eigenvalue weighted by Gasteiger charge is 2.29. The number of alkyl carbamates (subject to hydrolysis) is 1. The lowest BCUT2D eigenvalue weighted by atomic mass is 9.98. The first-order valence-corrected chi connectivity index (χ1v) is 10.8. The van der Waals surface area contributed by atoms with E-state index >= 15 is 0 Å². The number of ether oxygens (including phenoxy) is 2. The maximum Gasteiger partial charge on any atom is 0.407 e. The minimum atomic E-state index is -1.13. The molecule has 0 radical (unpaired) electrons. The third-order valence-corrected chi connectivity index (χ3v) is 5.57. The van der Waals surface area contributed by atoms with Crippen LogP contribution in [0.25, 0.3) is 11.1 Å². The van der Waals surface area contributed by atoms with E-state index in [2.05, 4.69) is 22.8 Å². The summed E-state index contributed by atoms with van der Waals surface area (Å²) in [6.07, 6.45) is -0.708. The topological polar surface area (TPSA) is 114 Å². The van der Waals surface area contributed by atoms with Gasteiger partial charge in [-0.1, -0.05) is 60.7 Å². The molecule has 3 aromatic rings. The van der Waals surface area contributed by atoms with Crippen molar-refractivity contribution in [2.75, 3.05) is 18.5 Å². The molecule has 3 N–H and O–H groups in total. The van der Waals surface area contributed by atoms with Crippen molar-refractivity contribution in [3.63, 3.8) is 0 Å². The first kappa shape index (κ1) is 22.8. The maximum absolute atomic E-state index is 12.6. The number of anilines is 1. The van der Waals surface area contributed by atoms with Crippen molar-refractivity contribution in [1.29, 1.82) is 0 Å². The molecular formula is C26H24N2O6. The highest BCUT2D eigenvalue weighted by atomic mass is 16.5. The number of carboxylic acid groups (broad SMARTS) is 1. The van der Waals surface area contributed by atoms with E-state index in [1.165, 1.54) is 6.92 Å². The predicted octanol–water partition coefficient (Wildman–Crippen LogP) is 4.02. The number of carboxylic acids is 1. The highest BCUT2D eigenvalue weighted by molar-refractivity contribution is 5.97. The van der Waals surface area contributed by atoms with Gasteiger partial charge in [0.15, 0.2) is 6.61 Å². The van der Waals surface area contributed by atoms with Crippen LogP contribution in [0.4, 0.5) is 10.5 Å². The molecule has 0 bridgehead atoms.